The molecule has 1 aromatic heterocycles. The highest BCUT2D eigenvalue weighted by Crippen LogP contribution is 2.21. The molecule has 1 rings (SSSR count). The second-order valence-electron chi connectivity index (χ2n) is 4.20. The first-order chi connectivity index (χ1) is 9.51. The molecule has 1 aromatic rings. The van der Waals surface area contributed by atoms with Gasteiger partial charge in [-0.05, 0) is 30.9 Å². The molecule has 0 atom stereocenters. The number of rotatable bonds is 9. The molecule has 8 heteroatoms. The number of anilines is 1. The molecule has 20 heavy (non-hydrogen) atoms. The maximum absolute atomic E-state index is 12.0. The summed E-state index contributed by atoms with van der Waals surface area (Å²) in [5, 5.41) is 3.07. The third-order valence-electron chi connectivity index (χ3n) is 2.68. The van der Waals surface area contributed by atoms with E-state index in [-0.39, 0.29) is 9.92 Å². The van der Waals surface area contributed by atoms with Crippen molar-refractivity contribution in [2.45, 2.75) is 24.2 Å². The number of sulfonamides is 1. The number of pyridine rings is 1. The Morgan fingerprint density at radius 3 is 2.70 bits per heavy atom. The maximum Gasteiger partial charge on any atom is 0.242 e. The van der Waals surface area contributed by atoms with Gasteiger partial charge in [0.1, 0.15) is 10.7 Å². The zero-order valence-electron chi connectivity index (χ0n) is 11.6. The Bertz CT molecular complexity index is 523. The summed E-state index contributed by atoms with van der Waals surface area (Å²) in [7, 11) is -1.85. The van der Waals surface area contributed by atoms with Gasteiger partial charge < -0.3 is 5.32 Å². The number of nitrogens with zero attached hydrogens (tertiary/aromatic N) is 1. The lowest BCUT2D eigenvalue weighted by Gasteiger charge is -2.08. The van der Waals surface area contributed by atoms with Gasteiger partial charge in [0.2, 0.25) is 10.0 Å². The van der Waals surface area contributed by atoms with Crippen LogP contribution in [0, 0.1) is 0 Å². The molecular weight excluding hydrogens is 318 g/mol. The molecule has 114 valence electrons. The van der Waals surface area contributed by atoms with Gasteiger partial charge in [0.25, 0.3) is 0 Å². The van der Waals surface area contributed by atoms with Crippen molar-refractivity contribution in [2.75, 3.05) is 30.9 Å². The molecule has 0 saturated heterocycles. The fourth-order valence-corrected chi connectivity index (χ4v) is 3.45. The highest BCUT2D eigenvalue weighted by atomic mass is 35.5. The number of hydrogen-bond donors (Lipinski definition) is 2. The van der Waals surface area contributed by atoms with E-state index in [0.29, 0.717) is 12.4 Å². The average molecular weight is 338 g/mol. The first-order valence-electron chi connectivity index (χ1n) is 6.33. The van der Waals surface area contributed by atoms with Crippen LogP contribution in [0.4, 0.5) is 5.82 Å². The summed E-state index contributed by atoms with van der Waals surface area (Å²) >= 11 is 7.73. The first-order valence-corrected chi connectivity index (χ1v) is 9.58. The Kier molecular flexibility index (Phi) is 7.65. The number of unbranched alkanes of at least 4 members (excludes halogenated alkanes) is 2. The number of aromatic nitrogens is 1. The molecule has 0 spiro atoms. The van der Waals surface area contributed by atoms with Crippen LogP contribution in [0.3, 0.4) is 0 Å². The zero-order chi connectivity index (χ0) is 15.0. The van der Waals surface area contributed by atoms with Crippen LogP contribution in [0.15, 0.2) is 17.2 Å². The van der Waals surface area contributed by atoms with Crippen LogP contribution in [0.1, 0.15) is 19.3 Å². The third-order valence-corrected chi connectivity index (χ3v) is 5.09. The van der Waals surface area contributed by atoms with Crippen molar-refractivity contribution in [3.05, 3.63) is 17.3 Å². The standard InChI is InChI=1S/C12H20ClN3O2S2/c1-14-12-11(13)8-10(9-15-12)20(17,18)16-6-4-3-5-7-19-2/h8-9,16H,3-7H2,1-2H3,(H,14,15). The molecule has 0 aliphatic heterocycles. The first kappa shape index (κ1) is 17.6. The lowest BCUT2D eigenvalue weighted by Crippen LogP contribution is -2.25. The molecule has 5 nitrogen and oxygen atoms in total. The van der Waals surface area contributed by atoms with Gasteiger partial charge in [-0.15, -0.1) is 0 Å². The molecule has 0 aliphatic rings. The summed E-state index contributed by atoms with van der Waals surface area (Å²) < 4.78 is 26.6. The summed E-state index contributed by atoms with van der Waals surface area (Å²) in [6.45, 7) is 0.433. The predicted molar refractivity (Wildman–Crippen MR) is 86.2 cm³/mol. The van der Waals surface area contributed by atoms with Crippen molar-refractivity contribution in [1.29, 1.82) is 0 Å². The van der Waals surface area contributed by atoms with E-state index in [1.54, 1.807) is 18.8 Å². The third kappa shape index (κ3) is 5.47. The van der Waals surface area contributed by atoms with Crippen molar-refractivity contribution in [3.8, 4) is 0 Å². The lowest BCUT2D eigenvalue weighted by atomic mass is 10.2. The molecule has 0 aromatic carbocycles. The van der Waals surface area contributed by atoms with Crippen LogP contribution in [0.5, 0.6) is 0 Å². The number of hydrogen-bond acceptors (Lipinski definition) is 5. The predicted octanol–water partition coefficient (Wildman–Crippen LogP) is 2.59. The van der Waals surface area contributed by atoms with Crippen LogP contribution < -0.4 is 10.0 Å². The van der Waals surface area contributed by atoms with E-state index in [1.165, 1.54) is 12.3 Å². The van der Waals surface area contributed by atoms with Gasteiger partial charge in [0, 0.05) is 19.8 Å². The molecule has 0 fully saturated rings. The second-order valence-corrected chi connectivity index (χ2v) is 7.36. The molecule has 0 aliphatic carbocycles. The van der Waals surface area contributed by atoms with Crippen LogP contribution in [-0.2, 0) is 10.0 Å². The normalized spacial score (nSPS) is 11.6. The van der Waals surface area contributed by atoms with Crippen LogP contribution in [0.25, 0.3) is 0 Å². The van der Waals surface area contributed by atoms with Crippen molar-refractivity contribution < 1.29 is 8.42 Å². The minimum Gasteiger partial charge on any atom is -0.372 e. The Labute approximate surface area is 129 Å². The fraction of sp³-hybridized carbons (Fsp3) is 0.583. The van der Waals surface area contributed by atoms with Crippen molar-refractivity contribution in [1.82, 2.24) is 9.71 Å². The smallest absolute Gasteiger partial charge is 0.242 e. The Morgan fingerprint density at radius 1 is 1.35 bits per heavy atom. The van der Waals surface area contributed by atoms with Gasteiger partial charge in [-0.3, -0.25) is 0 Å². The molecule has 0 bridgehead atoms. The average Bonchev–Trinajstić information content (AvgIpc) is 2.42. The van der Waals surface area contributed by atoms with Gasteiger partial charge in [-0.25, -0.2) is 18.1 Å². The second kappa shape index (κ2) is 8.71. The van der Waals surface area contributed by atoms with Crippen molar-refractivity contribution >= 4 is 39.2 Å². The molecule has 0 saturated carbocycles. The molecular formula is C12H20ClN3O2S2. The summed E-state index contributed by atoms with van der Waals surface area (Å²) in [5.74, 6) is 1.57. The number of nitrogens with one attached hydrogen (secondary N) is 2. The van der Waals surface area contributed by atoms with Crippen LogP contribution in [-0.4, -0.2) is 39.0 Å². The largest absolute Gasteiger partial charge is 0.372 e. The number of thioether (sulfide) groups is 1. The Morgan fingerprint density at radius 2 is 2.10 bits per heavy atom. The van der Waals surface area contributed by atoms with E-state index in [1.807, 2.05) is 0 Å². The van der Waals surface area contributed by atoms with Gasteiger partial charge in [0.15, 0.2) is 0 Å². The Balaban J connectivity index is 2.54. The van der Waals surface area contributed by atoms with E-state index in [2.05, 4.69) is 21.3 Å². The van der Waals surface area contributed by atoms with Gasteiger partial charge in [-0.1, -0.05) is 18.0 Å². The van der Waals surface area contributed by atoms with Gasteiger partial charge >= 0.3 is 0 Å². The monoisotopic (exact) mass is 337 g/mol. The lowest BCUT2D eigenvalue weighted by molar-refractivity contribution is 0.576. The Hall–Kier alpha value is -0.500. The highest BCUT2D eigenvalue weighted by Gasteiger charge is 2.15. The molecule has 0 amide bonds. The van der Waals surface area contributed by atoms with Crippen molar-refractivity contribution in [2.24, 2.45) is 0 Å². The van der Waals surface area contributed by atoms with E-state index in [9.17, 15) is 8.42 Å². The number of halogens is 1. The van der Waals surface area contributed by atoms with E-state index >= 15 is 0 Å². The topological polar surface area (TPSA) is 71.1 Å². The molecule has 0 radical (unpaired) electrons. The van der Waals surface area contributed by atoms with E-state index in [0.717, 1.165) is 25.0 Å². The summed E-state index contributed by atoms with van der Waals surface area (Å²) in [6, 6.07) is 1.40. The zero-order valence-corrected chi connectivity index (χ0v) is 14.0. The summed E-state index contributed by atoms with van der Waals surface area (Å²) in [6.07, 6.45) is 6.31. The van der Waals surface area contributed by atoms with Crippen LogP contribution >= 0.6 is 23.4 Å². The summed E-state index contributed by atoms with van der Waals surface area (Å²) in [4.78, 5) is 4.06. The molecule has 1 heterocycles. The molecule has 2 N–H and O–H groups in total. The van der Waals surface area contributed by atoms with Gasteiger partial charge in [-0.2, -0.15) is 11.8 Å². The van der Waals surface area contributed by atoms with Crippen molar-refractivity contribution in [3.63, 3.8) is 0 Å². The molecule has 0 unspecified atom stereocenters. The summed E-state index contributed by atoms with van der Waals surface area (Å²) in [5.41, 5.74) is 0. The highest BCUT2D eigenvalue weighted by molar-refractivity contribution is 7.98. The van der Waals surface area contributed by atoms with Crippen LogP contribution in [0.2, 0.25) is 5.02 Å². The minimum absolute atomic E-state index is 0.0885. The SMILES string of the molecule is CNc1ncc(S(=O)(=O)NCCCCCSC)cc1Cl. The van der Waals surface area contributed by atoms with E-state index in [4.69, 9.17) is 11.6 Å². The fourth-order valence-electron chi connectivity index (χ4n) is 1.59. The maximum atomic E-state index is 12.0. The van der Waals surface area contributed by atoms with E-state index < -0.39 is 10.0 Å². The quantitative estimate of drug-likeness (QED) is 0.678. The van der Waals surface area contributed by atoms with Gasteiger partial charge in [0.05, 0.1) is 5.02 Å². The minimum atomic E-state index is -3.53.